The number of piperazine rings is 1. The van der Waals surface area contributed by atoms with E-state index in [9.17, 15) is 9.90 Å². The second-order valence-corrected chi connectivity index (χ2v) is 7.20. The van der Waals surface area contributed by atoms with Crippen LogP contribution in [0.25, 0.3) is 0 Å². The van der Waals surface area contributed by atoms with Crippen LogP contribution in [0.1, 0.15) is 10.4 Å². The summed E-state index contributed by atoms with van der Waals surface area (Å²) < 4.78 is 6.41. The number of nitrogens with zero attached hydrogens (tertiary/aromatic N) is 2. The van der Waals surface area contributed by atoms with E-state index in [4.69, 9.17) is 4.74 Å². The van der Waals surface area contributed by atoms with E-state index in [0.717, 1.165) is 23.3 Å². The third-order valence-corrected chi connectivity index (χ3v) is 5.11. The van der Waals surface area contributed by atoms with Crippen molar-refractivity contribution in [2.45, 2.75) is 6.10 Å². The van der Waals surface area contributed by atoms with Gasteiger partial charge in [0.2, 0.25) is 0 Å². The van der Waals surface area contributed by atoms with Crippen molar-refractivity contribution in [2.24, 2.45) is 0 Å². The van der Waals surface area contributed by atoms with Gasteiger partial charge in [-0.25, -0.2) is 0 Å². The summed E-state index contributed by atoms with van der Waals surface area (Å²) in [6.45, 7) is 3.63. The van der Waals surface area contributed by atoms with Crippen molar-refractivity contribution < 1.29 is 14.6 Å². The third-order valence-electron chi connectivity index (χ3n) is 4.42. The van der Waals surface area contributed by atoms with Gasteiger partial charge in [0.15, 0.2) is 0 Å². The fraction of sp³-hybridized carbons (Fsp3) is 0.350. The SMILES string of the molecule is O=C(c1ccccc1Br)N1CCN(C[C@@H](O)COc2ccccc2)CC1. The first-order chi connectivity index (χ1) is 12.6. The van der Waals surface area contributed by atoms with Crippen molar-refractivity contribution in [3.05, 3.63) is 64.6 Å². The quantitative estimate of drug-likeness (QED) is 0.783. The molecule has 0 aromatic heterocycles. The van der Waals surface area contributed by atoms with E-state index >= 15 is 0 Å². The van der Waals surface area contributed by atoms with E-state index in [0.29, 0.717) is 25.2 Å². The molecule has 26 heavy (non-hydrogen) atoms. The fourth-order valence-corrected chi connectivity index (χ4v) is 3.45. The van der Waals surface area contributed by atoms with Crippen molar-refractivity contribution in [1.82, 2.24) is 9.80 Å². The van der Waals surface area contributed by atoms with Crippen LogP contribution in [0.2, 0.25) is 0 Å². The van der Waals surface area contributed by atoms with E-state index in [1.807, 2.05) is 59.5 Å². The predicted octanol–water partition coefficient (Wildman–Crippen LogP) is 2.65. The van der Waals surface area contributed by atoms with Crippen LogP contribution < -0.4 is 4.74 Å². The minimum Gasteiger partial charge on any atom is -0.491 e. The molecule has 0 aliphatic carbocycles. The lowest BCUT2D eigenvalue weighted by Crippen LogP contribution is -2.51. The Morgan fingerprint density at radius 3 is 2.38 bits per heavy atom. The standard InChI is InChI=1S/C20H23BrN2O3/c21-19-9-5-4-8-18(19)20(25)23-12-10-22(11-13-23)14-16(24)15-26-17-6-2-1-3-7-17/h1-9,16,24H,10-15H2/t16-/m1/s1. The molecule has 0 saturated carbocycles. The summed E-state index contributed by atoms with van der Waals surface area (Å²) in [5.74, 6) is 0.806. The first kappa shape index (κ1) is 18.9. The van der Waals surface area contributed by atoms with Crippen LogP contribution in [0.4, 0.5) is 0 Å². The van der Waals surface area contributed by atoms with Crippen molar-refractivity contribution in [3.8, 4) is 5.75 Å². The summed E-state index contributed by atoms with van der Waals surface area (Å²) in [4.78, 5) is 16.7. The van der Waals surface area contributed by atoms with Gasteiger partial charge in [0.1, 0.15) is 18.5 Å². The molecule has 1 N–H and O–H groups in total. The molecule has 3 rings (SSSR count). The van der Waals surface area contributed by atoms with Gasteiger partial charge in [0.05, 0.1) is 5.56 Å². The highest BCUT2D eigenvalue weighted by atomic mass is 79.9. The van der Waals surface area contributed by atoms with Gasteiger partial charge in [0, 0.05) is 37.2 Å². The molecule has 1 amide bonds. The molecular weight excluding hydrogens is 396 g/mol. The number of rotatable bonds is 6. The molecule has 138 valence electrons. The third kappa shape index (κ3) is 5.06. The largest absolute Gasteiger partial charge is 0.491 e. The smallest absolute Gasteiger partial charge is 0.255 e. The summed E-state index contributed by atoms with van der Waals surface area (Å²) in [5, 5.41) is 10.2. The Hall–Kier alpha value is -1.89. The highest BCUT2D eigenvalue weighted by Gasteiger charge is 2.24. The van der Waals surface area contributed by atoms with Gasteiger partial charge in [-0.3, -0.25) is 9.69 Å². The number of hydrogen-bond donors (Lipinski definition) is 1. The van der Waals surface area contributed by atoms with Gasteiger partial charge < -0.3 is 14.7 Å². The molecule has 1 heterocycles. The first-order valence-corrected chi connectivity index (χ1v) is 9.55. The number of carbonyl (C=O) groups is 1. The van der Waals surface area contributed by atoms with Crippen molar-refractivity contribution in [1.29, 1.82) is 0 Å². The average Bonchev–Trinajstić information content (AvgIpc) is 2.68. The Kier molecular flexibility index (Phi) is 6.66. The average molecular weight is 419 g/mol. The van der Waals surface area contributed by atoms with Crippen molar-refractivity contribution >= 4 is 21.8 Å². The molecule has 1 fully saturated rings. The summed E-state index contributed by atoms with van der Waals surface area (Å²) in [7, 11) is 0. The second kappa shape index (κ2) is 9.16. The minimum absolute atomic E-state index is 0.0464. The molecule has 0 radical (unpaired) electrons. The normalized spacial score (nSPS) is 16.3. The van der Waals surface area contributed by atoms with Crippen LogP contribution >= 0.6 is 15.9 Å². The van der Waals surface area contributed by atoms with Gasteiger partial charge in [0.25, 0.3) is 5.91 Å². The number of aliphatic hydroxyl groups is 1. The highest BCUT2D eigenvalue weighted by Crippen LogP contribution is 2.19. The lowest BCUT2D eigenvalue weighted by molar-refractivity contribution is 0.0403. The summed E-state index contributed by atoms with van der Waals surface area (Å²) >= 11 is 3.44. The number of amides is 1. The van der Waals surface area contributed by atoms with Crippen molar-refractivity contribution in [3.63, 3.8) is 0 Å². The number of halogens is 1. The van der Waals surface area contributed by atoms with Gasteiger partial charge in [-0.05, 0) is 40.2 Å². The maximum Gasteiger partial charge on any atom is 0.255 e. The maximum atomic E-state index is 12.6. The van der Waals surface area contributed by atoms with Crippen LogP contribution in [0.5, 0.6) is 5.75 Å². The molecule has 2 aromatic rings. The van der Waals surface area contributed by atoms with Crippen LogP contribution in [0, 0.1) is 0 Å². The molecule has 1 saturated heterocycles. The van der Waals surface area contributed by atoms with Gasteiger partial charge in [-0.2, -0.15) is 0 Å². The molecule has 6 heteroatoms. The van der Waals surface area contributed by atoms with Crippen molar-refractivity contribution in [2.75, 3.05) is 39.3 Å². The van der Waals surface area contributed by atoms with E-state index in [1.54, 1.807) is 0 Å². The summed E-state index contributed by atoms with van der Waals surface area (Å²) in [6.07, 6.45) is -0.555. The Bertz CT molecular complexity index is 718. The topological polar surface area (TPSA) is 53.0 Å². The van der Waals surface area contributed by atoms with Crippen LogP contribution in [0.15, 0.2) is 59.1 Å². The maximum absolute atomic E-state index is 12.6. The number of aliphatic hydroxyl groups excluding tert-OH is 1. The number of β-amino-alcohol motifs (C(OH)–C–C–N with tert-alkyl or cyclic N) is 1. The molecule has 1 aliphatic rings. The summed E-state index contributed by atoms with van der Waals surface area (Å²) in [6, 6.07) is 17.0. The van der Waals surface area contributed by atoms with Gasteiger partial charge in [-0.1, -0.05) is 30.3 Å². The number of ether oxygens (including phenoxy) is 1. The molecule has 1 atom stereocenters. The minimum atomic E-state index is -0.555. The fourth-order valence-electron chi connectivity index (χ4n) is 3.00. The Morgan fingerprint density at radius 1 is 1.04 bits per heavy atom. The Balaban J connectivity index is 1.43. The van der Waals surface area contributed by atoms with Gasteiger partial charge in [-0.15, -0.1) is 0 Å². The first-order valence-electron chi connectivity index (χ1n) is 8.75. The molecule has 1 aliphatic heterocycles. The monoisotopic (exact) mass is 418 g/mol. The zero-order valence-electron chi connectivity index (χ0n) is 14.6. The van der Waals surface area contributed by atoms with Crippen LogP contribution in [-0.4, -0.2) is 66.2 Å². The Morgan fingerprint density at radius 2 is 1.69 bits per heavy atom. The zero-order valence-corrected chi connectivity index (χ0v) is 16.1. The summed E-state index contributed by atoms with van der Waals surface area (Å²) in [5.41, 5.74) is 0.692. The van der Waals surface area contributed by atoms with E-state index in [-0.39, 0.29) is 12.5 Å². The van der Waals surface area contributed by atoms with E-state index < -0.39 is 6.10 Å². The molecular formula is C20H23BrN2O3. The highest BCUT2D eigenvalue weighted by molar-refractivity contribution is 9.10. The van der Waals surface area contributed by atoms with E-state index in [1.165, 1.54) is 0 Å². The molecule has 0 bridgehead atoms. The molecule has 5 nitrogen and oxygen atoms in total. The van der Waals surface area contributed by atoms with Gasteiger partial charge >= 0.3 is 0 Å². The molecule has 0 unspecified atom stereocenters. The molecule has 2 aromatic carbocycles. The lowest BCUT2D eigenvalue weighted by Gasteiger charge is -2.35. The zero-order chi connectivity index (χ0) is 18.4. The van der Waals surface area contributed by atoms with Crippen LogP contribution in [0.3, 0.4) is 0 Å². The number of hydrogen-bond acceptors (Lipinski definition) is 4. The van der Waals surface area contributed by atoms with Crippen LogP contribution in [-0.2, 0) is 0 Å². The van der Waals surface area contributed by atoms with E-state index in [2.05, 4.69) is 20.8 Å². The number of para-hydroxylation sites is 1. The number of benzene rings is 2. The lowest BCUT2D eigenvalue weighted by atomic mass is 10.2. The molecule has 0 spiro atoms. The second-order valence-electron chi connectivity index (χ2n) is 6.35. The number of carbonyl (C=O) groups excluding carboxylic acids is 1. The Labute approximate surface area is 162 Å². The predicted molar refractivity (Wildman–Crippen MR) is 104 cm³/mol.